The predicted molar refractivity (Wildman–Crippen MR) is 50.7 cm³/mol. The highest BCUT2D eigenvalue weighted by molar-refractivity contribution is 5.20. The Morgan fingerprint density at radius 1 is 1.23 bits per heavy atom. The van der Waals surface area contributed by atoms with E-state index in [4.69, 9.17) is 5.73 Å². The molecule has 0 bridgehead atoms. The van der Waals surface area contributed by atoms with Crippen molar-refractivity contribution in [1.82, 2.24) is 0 Å². The maximum absolute atomic E-state index is 12.6. The van der Waals surface area contributed by atoms with E-state index in [0.717, 1.165) is 5.56 Å². The van der Waals surface area contributed by atoms with Gasteiger partial charge in [-0.2, -0.15) is 0 Å². The average Bonchev–Trinajstić information content (AvgIpc) is 2.02. The zero-order valence-electron chi connectivity index (χ0n) is 7.54. The highest BCUT2D eigenvalue weighted by atomic mass is 19.1. The van der Waals surface area contributed by atoms with Crippen LogP contribution in [0, 0.1) is 11.7 Å². The molecule has 0 saturated heterocycles. The van der Waals surface area contributed by atoms with Gasteiger partial charge >= 0.3 is 0 Å². The highest BCUT2D eigenvalue weighted by Crippen LogP contribution is 2.35. The molecule has 2 heteroatoms. The second-order valence-corrected chi connectivity index (χ2v) is 3.77. The lowest BCUT2D eigenvalue weighted by molar-refractivity contribution is 0.264. The molecule has 1 aromatic rings. The number of hydrogen-bond donors (Lipinski definition) is 1. The minimum Gasteiger partial charge on any atom is -0.324 e. The molecule has 70 valence electrons. The van der Waals surface area contributed by atoms with Gasteiger partial charge in [-0.25, -0.2) is 4.39 Å². The van der Waals surface area contributed by atoms with Crippen molar-refractivity contribution in [3.8, 4) is 0 Å². The molecule has 2 rings (SSSR count). The summed E-state index contributed by atoms with van der Waals surface area (Å²) in [5, 5.41) is 0. The van der Waals surface area contributed by atoms with Crippen LogP contribution in [0.25, 0.3) is 0 Å². The van der Waals surface area contributed by atoms with Crippen LogP contribution in [-0.2, 0) is 0 Å². The molecule has 0 spiro atoms. The molecule has 1 saturated carbocycles. The Morgan fingerprint density at radius 3 is 2.31 bits per heavy atom. The van der Waals surface area contributed by atoms with E-state index in [1.807, 2.05) is 0 Å². The Kier molecular flexibility index (Phi) is 2.32. The molecule has 0 aliphatic heterocycles. The summed E-state index contributed by atoms with van der Waals surface area (Å²) in [7, 11) is 0. The quantitative estimate of drug-likeness (QED) is 0.742. The van der Waals surface area contributed by atoms with E-state index in [1.54, 1.807) is 12.1 Å². The summed E-state index contributed by atoms with van der Waals surface area (Å²) in [4.78, 5) is 0. The molecule has 1 fully saturated rings. The van der Waals surface area contributed by atoms with E-state index >= 15 is 0 Å². The van der Waals surface area contributed by atoms with Crippen molar-refractivity contribution in [2.75, 3.05) is 0 Å². The molecule has 1 aromatic carbocycles. The van der Waals surface area contributed by atoms with E-state index in [0.29, 0.717) is 5.92 Å². The van der Waals surface area contributed by atoms with Crippen LogP contribution in [0.1, 0.15) is 30.9 Å². The first kappa shape index (κ1) is 8.70. The smallest absolute Gasteiger partial charge is 0.123 e. The van der Waals surface area contributed by atoms with Crippen LogP contribution >= 0.6 is 0 Å². The molecule has 0 unspecified atom stereocenters. The van der Waals surface area contributed by atoms with E-state index in [9.17, 15) is 4.39 Å². The lowest BCUT2D eigenvalue weighted by Gasteiger charge is -2.31. The SMILES string of the molecule is N[C@@H](c1ccc(F)cc1)C1CCC1. The molecule has 1 aliphatic rings. The van der Waals surface area contributed by atoms with Crippen LogP contribution in [0.4, 0.5) is 4.39 Å². The summed E-state index contributed by atoms with van der Waals surface area (Å²) in [5.74, 6) is 0.426. The summed E-state index contributed by atoms with van der Waals surface area (Å²) in [5.41, 5.74) is 7.09. The topological polar surface area (TPSA) is 26.0 Å². The first-order chi connectivity index (χ1) is 6.27. The van der Waals surface area contributed by atoms with Gasteiger partial charge < -0.3 is 5.73 Å². The number of benzene rings is 1. The summed E-state index contributed by atoms with van der Waals surface area (Å²) in [6, 6.07) is 6.65. The third-order valence-corrected chi connectivity index (χ3v) is 2.91. The van der Waals surface area contributed by atoms with Crippen LogP contribution in [0.15, 0.2) is 24.3 Å². The molecule has 1 aliphatic carbocycles. The maximum atomic E-state index is 12.6. The zero-order chi connectivity index (χ0) is 9.26. The van der Waals surface area contributed by atoms with Crippen molar-refractivity contribution in [1.29, 1.82) is 0 Å². The lowest BCUT2D eigenvalue weighted by Crippen LogP contribution is -2.26. The van der Waals surface area contributed by atoms with Crippen molar-refractivity contribution < 1.29 is 4.39 Å². The molecule has 1 nitrogen and oxygen atoms in total. The van der Waals surface area contributed by atoms with Crippen molar-refractivity contribution in [3.05, 3.63) is 35.6 Å². The van der Waals surface area contributed by atoms with Gasteiger partial charge in [0.15, 0.2) is 0 Å². The third kappa shape index (κ3) is 1.73. The van der Waals surface area contributed by atoms with Crippen LogP contribution in [0.2, 0.25) is 0 Å². The van der Waals surface area contributed by atoms with Crippen molar-refractivity contribution >= 4 is 0 Å². The van der Waals surface area contributed by atoms with Gasteiger partial charge in [0.2, 0.25) is 0 Å². The molecular formula is C11H14FN. The number of halogens is 1. The fourth-order valence-corrected chi connectivity index (χ4v) is 1.76. The summed E-state index contributed by atoms with van der Waals surface area (Å²) < 4.78 is 12.6. The molecule has 1 atom stereocenters. The van der Waals surface area contributed by atoms with Gasteiger partial charge in [-0.15, -0.1) is 0 Å². The highest BCUT2D eigenvalue weighted by Gasteiger charge is 2.25. The predicted octanol–water partition coefficient (Wildman–Crippen LogP) is 2.63. The van der Waals surface area contributed by atoms with Gasteiger partial charge in [-0.3, -0.25) is 0 Å². The zero-order valence-corrected chi connectivity index (χ0v) is 7.54. The third-order valence-electron chi connectivity index (χ3n) is 2.91. The maximum Gasteiger partial charge on any atom is 0.123 e. The number of rotatable bonds is 2. The van der Waals surface area contributed by atoms with Gasteiger partial charge in [-0.1, -0.05) is 18.6 Å². The van der Waals surface area contributed by atoms with Gasteiger partial charge in [0.05, 0.1) is 0 Å². The Morgan fingerprint density at radius 2 is 1.85 bits per heavy atom. The summed E-state index contributed by atoms with van der Waals surface area (Å²) in [6.07, 6.45) is 3.73. The van der Waals surface area contributed by atoms with Crippen LogP contribution < -0.4 is 5.73 Å². The summed E-state index contributed by atoms with van der Waals surface area (Å²) >= 11 is 0. The van der Waals surface area contributed by atoms with E-state index < -0.39 is 0 Å². The first-order valence-corrected chi connectivity index (χ1v) is 4.78. The minimum atomic E-state index is -0.190. The van der Waals surface area contributed by atoms with E-state index in [2.05, 4.69) is 0 Å². The Balaban J connectivity index is 2.10. The van der Waals surface area contributed by atoms with Crippen molar-refractivity contribution in [3.63, 3.8) is 0 Å². The van der Waals surface area contributed by atoms with Gasteiger partial charge in [0.1, 0.15) is 5.82 Å². The van der Waals surface area contributed by atoms with Crippen LogP contribution in [0.5, 0.6) is 0 Å². The fraction of sp³-hybridized carbons (Fsp3) is 0.455. The van der Waals surface area contributed by atoms with Crippen molar-refractivity contribution in [2.24, 2.45) is 11.7 Å². The van der Waals surface area contributed by atoms with Crippen LogP contribution in [0.3, 0.4) is 0 Å². The molecule has 2 N–H and O–H groups in total. The Hall–Kier alpha value is -0.890. The molecule has 0 amide bonds. The second kappa shape index (κ2) is 3.46. The molecule has 0 heterocycles. The summed E-state index contributed by atoms with van der Waals surface area (Å²) in [6.45, 7) is 0. The van der Waals surface area contributed by atoms with Gasteiger partial charge in [0, 0.05) is 6.04 Å². The normalized spacial score (nSPS) is 19.5. The molecular weight excluding hydrogens is 165 g/mol. The molecule has 0 radical (unpaired) electrons. The Labute approximate surface area is 77.8 Å². The van der Waals surface area contributed by atoms with Gasteiger partial charge in [0.25, 0.3) is 0 Å². The monoisotopic (exact) mass is 179 g/mol. The lowest BCUT2D eigenvalue weighted by atomic mass is 9.78. The Bertz CT molecular complexity index is 277. The van der Waals surface area contributed by atoms with Gasteiger partial charge in [-0.05, 0) is 36.5 Å². The van der Waals surface area contributed by atoms with E-state index in [1.165, 1.54) is 31.4 Å². The number of hydrogen-bond acceptors (Lipinski definition) is 1. The van der Waals surface area contributed by atoms with E-state index in [-0.39, 0.29) is 11.9 Å². The van der Waals surface area contributed by atoms with Crippen molar-refractivity contribution in [2.45, 2.75) is 25.3 Å². The van der Waals surface area contributed by atoms with Crippen LogP contribution in [-0.4, -0.2) is 0 Å². The first-order valence-electron chi connectivity index (χ1n) is 4.78. The second-order valence-electron chi connectivity index (χ2n) is 3.77. The average molecular weight is 179 g/mol. The molecule has 13 heavy (non-hydrogen) atoms. The minimum absolute atomic E-state index is 0.106. The number of nitrogens with two attached hydrogens (primary N) is 1. The molecule has 0 aromatic heterocycles. The standard InChI is InChI=1S/C11H14FN/c12-10-6-4-9(5-7-10)11(13)8-2-1-3-8/h4-8,11H,1-3,13H2/t11-/m1/s1. The fourth-order valence-electron chi connectivity index (χ4n) is 1.76. The largest absolute Gasteiger partial charge is 0.324 e.